The molecule has 1 aliphatic heterocycles. The molecule has 0 unspecified atom stereocenters. The predicted octanol–water partition coefficient (Wildman–Crippen LogP) is 4.07. The number of rotatable bonds is 2. The molecule has 1 N–H and O–H groups in total. The van der Waals surface area contributed by atoms with E-state index in [1.807, 2.05) is 4.68 Å². The lowest BCUT2D eigenvalue weighted by molar-refractivity contribution is 0.616. The molecule has 0 aliphatic carbocycles. The highest BCUT2D eigenvalue weighted by Gasteiger charge is 2.30. The SMILES string of the molecule is Cc1nc2n[nH]c(Cl)c2c(-c2c(-c3ccc(F)cn3)nn3c2CCC3)c1F. The molecule has 0 saturated carbocycles. The second-order valence-corrected chi connectivity index (χ2v) is 6.86. The Morgan fingerprint density at radius 2 is 2.07 bits per heavy atom. The van der Waals surface area contributed by atoms with E-state index in [1.165, 1.54) is 12.1 Å². The molecule has 0 aromatic carbocycles. The summed E-state index contributed by atoms with van der Waals surface area (Å²) >= 11 is 6.27. The third-order valence-corrected chi connectivity index (χ3v) is 5.10. The summed E-state index contributed by atoms with van der Waals surface area (Å²) in [5, 5.41) is 12.0. The first-order valence-corrected chi connectivity index (χ1v) is 8.84. The van der Waals surface area contributed by atoms with Gasteiger partial charge in [-0.15, -0.1) is 0 Å². The van der Waals surface area contributed by atoms with Gasteiger partial charge in [-0.3, -0.25) is 14.8 Å². The molecule has 0 spiro atoms. The number of aromatic nitrogens is 6. The highest BCUT2D eigenvalue weighted by molar-refractivity contribution is 6.35. The molecule has 27 heavy (non-hydrogen) atoms. The van der Waals surface area contributed by atoms with Gasteiger partial charge in [-0.2, -0.15) is 10.2 Å². The van der Waals surface area contributed by atoms with Crippen molar-refractivity contribution in [1.29, 1.82) is 0 Å². The van der Waals surface area contributed by atoms with E-state index in [0.29, 0.717) is 33.5 Å². The zero-order valence-corrected chi connectivity index (χ0v) is 15.0. The first-order chi connectivity index (χ1) is 13.0. The maximum Gasteiger partial charge on any atom is 0.183 e. The Hall–Kier alpha value is -2.87. The molecule has 5 rings (SSSR count). The van der Waals surface area contributed by atoms with Crippen LogP contribution in [-0.4, -0.2) is 29.9 Å². The molecular formula is C18H13ClF2N6. The van der Waals surface area contributed by atoms with Gasteiger partial charge in [-0.05, 0) is 31.9 Å². The molecule has 0 bridgehead atoms. The van der Waals surface area contributed by atoms with E-state index in [9.17, 15) is 4.39 Å². The van der Waals surface area contributed by atoms with Crippen molar-refractivity contribution in [2.24, 2.45) is 0 Å². The molecule has 0 fully saturated rings. The molecule has 136 valence electrons. The van der Waals surface area contributed by atoms with Crippen molar-refractivity contribution in [3.63, 3.8) is 0 Å². The molecule has 0 atom stereocenters. The minimum absolute atomic E-state index is 0.211. The Morgan fingerprint density at radius 1 is 1.22 bits per heavy atom. The summed E-state index contributed by atoms with van der Waals surface area (Å²) in [4.78, 5) is 8.32. The van der Waals surface area contributed by atoms with Crippen LogP contribution in [0.3, 0.4) is 0 Å². The van der Waals surface area contributed by atoms with Crippen LogP contribution in [-0.2, 0) is 13.0 Å². The Kier molecular flexibility index (Phi) is 3.51. The second-order valence-electron chi connectivity index (χ2n) is 6.48. The van der Waals surface area contributed by atoms with Gasteiger partial charge in [0, 0.05) is 23.4 Å². The van der Waals surface area contributed by atoms with Crippen LogP contribution in [0.25, 0.3) is 33.5 Å². The number of pyridine rings is 2. The summed E-state index contributed by atoms with van der Waals surface area (Å²) in [6, 6.07) is 2.85. The van der Waals surface area contributed by atoms with Crippen LogP contribution in [0.15, 0.2) is 18.3 Å². The highest BCUT2D eigenvalue weighted by atomic mass is 35.5. The number of halogens is 3. The van der Waals surface area contributed by atoms with Crippen LogP contribution in [0.1, 0.15) is 17.8 Å². The fraction of sp³-hybridized carbons (Fsp3) is 0.222. The lowest BCUT2D eigenvalue weighted by Gasteiger charge is -2.10. The molecule has 4 aromatic heterocycles. The average Bonchev–Trinajstić information content (AvgIpc) is 3.33. The molecule has 0 saturated heterocycles. The van der Waals surface area contributed by atoms with Crippen molar-refractivity contribution in [1.82, 2.24) is 29.9 Å². The lowest BCUT2D eigenvalue weighted by Crippen LogP contribution is -1.98. The molecule has 5 heterocycles. The van der Waals surface area contributed by atoms with Crippen molar-refractivity contribution in [3.05, 3.63) is 46.5 Å². The monoisotopic (exact) mass is 386 g/mol. The first kappa shape index (κ1) is 16.3. The summed E-state index contributed by atoms with van der Waals surface area (Å²) < 4.78 is 30.5. The van der Waals surface area contributed by atoms with Crippen molar-refractivity contribution in [2.45, 2.75) is 26.3 Å². The minimum Gasteiger partial charge on any atom is -0.268 e. The number of hydrogen-bond donors (Lipinski definition) is 1. The average molecular weight is 387 g/mol. The van der Waals surface area contributed by atoms with E-state index in [1.54, 1.807) is 6.92 Å². The van der Waals surface area contributed by atoms with E-state index in [-0.39, 0.29) is 10.8 Å². The molecule has 9 heteroatoms. The third kappa shape index (κ3) is 2.36. The highest BCUT2D eigenvalue weighted by Crippen LogP contribution is 2.43. The Balaban J connectivity index is 1.89. The fourth-order valence-corrected chi connectivity index (χ4v) is 3.86. The smallest absolute Gasteiger partial charge is 0.183 e. The van der Waals surface area contributed by atoms with Crippen LogP contribution in [0, 0.1) is 18.6 Å². The largest absolute Gasteiger partial charge is 0.268 e. The van der Waals surface area contributed by atoms with E-state index in [2.05, 4.69) is 25.3 Å². The number of aromatic amines is 1. The number of hydrogen-bond acceptors (Lipinski definition) is 4. The van der Waals surface area contributed by atoms with Gasteiger partial charge < -0.3 is 0 Å². The Morgan fingerprint density at radius 3 is 2.85 bits per heavy atom. The summed E-state index contributed by atoms with van der Waals surface area (Å²) in [7, 11) is 0. The van der Waals surface area contributed by atoms with Crippen molar-refractivity contribution >= 4 is 22.6 Å². The van der Waals surface area contributed by atoms with Gasteiger partial charge in [0.15, 0.2) is 11.5 Å². The number of fused-ring (bicyclic) bond motifs is 2. The molecule has 0 amide bonds. The zero-order chi connectivity index (χ0) is 18.7. The van der Waals surface area contributed by atoms with E-state index >= 15 is 4.39 Å². The molecular weight excluding hydrogens is 374 g/mol. The fourth-order valence-electron chi connectivity index (χ4n) is 3.64. The maximum absolute atomic E-state index is 15.3. The molecule has 6 nitrogen and oxygen atoms in total. The topological polar surface area (TPSA) is 72.3 Å². The van der Waals surface area contributed by atoms with Gasteiger partial charge in [0.05, 0.1) is 23.0 Å². The summed E-state index contributed by atoms with van der Waals surface area (Å²) in [5.41, 5.74) is 3.34. The number of nitrogens with one attached hydrogen (secondary N) is 1. The first-order valence-electron chi connectivity index (χ1n) is 8.46. The quantitative estimate of drug-likeness (QED) is 0.563. The van der Waals surface area contributed by atoms with Gasteiger partial charge >= 0.3 is 0 Å². The van der Waals surface area contributed by atoms with E-state index in [4.69, 9.17) is 11.6 Å². The van der Waals surface area contributed by atoms with Crippen LogP contribution in [0.5, 0.6) is 0 Å². The zero-order valence-electron chi connectivity index (χ0n) is 14.2. The standard InChI is InChI=1S/C18H13ClF2N6/c1-8-15(21)13(14-17(19)24-25-18(14)23-8)12-11-3-2-6-27(11)26-16(12)10-5-4-9(20)7-22-10/h4-5,7H,2-3,6H2,1H3,(H,23,24,25). The van der Waals surface area contributed by atoms with Crippen molar-refractivity contribution in [2.75, 3.05) is 0 Å². The summed E-state index contributed by atoms with van der Waals surface area (Å²) in [6.45, 7) is 2.32. The number of nitrogens with zero attached hydrogens (tertiary/aromatic N) is 5. The summed E-state index contributed by atoms with van der Waals surface area (Å²) in [6.07, 6.45) is 2.79. The van der Waals surface area contributed by atoms with Gasteiger partial charge in [0.1, 0.15) is 16.7 Å². The van der Waals surface area contributed by atoms with Gasteiger partial charge in [0.25, 0.3) is 0 Å². The van der Waals surface area contributed by atoms with Gasteiger partial charge in [-0.1, -0.05) is 11.6 Å². The second kappa shape index (κ2) is 5.82. The predicted molar refractivity (Wildman–Crippen MR) is 96.3 cm³/mol. The maximum atomic E-state index is 15.3. The van der Waals surface area contributed by atoms with Crippen LogP contribution in [0.2, 0.25) is 5.15 Å². The van der Waals surface area contributed by atoms with Gasteiger partial charge in [0.2, 0.25) is 0 Å². The summed E-state index contributed by atoms with van der Waals surface area (Å²) in [5.74, 6) is -0.921. The van der Waals surface area contributed by atoms with Crippen molar-refractivity contribution < 1.29 is 8.78 Å². The Labute approximate surface area is 157 Å². The minimum atomic E-state index is -0.475. The number of H-pyrrole nitrogens is 1. The molecule has 4 aromatic rings. The van der Waals surface area contributed by atoms with Crippen LogP contribution < -0.4 is 0 Å². The Bertz CT molecular complexity index is 1200. The van der Waals surface area contributed by atoms with Crippen LogP contribution in [0.4, 0.5) is 8.78 Å². The van der Waals surface area contributed by atoms with E-state index in [0.717, 1.165) is 31.3 Å². The molecule has 1 aliphatic rings. The van der Waals surface area contributed by atoms with Crippen LogP contribution >= 0.6 is 11.6 Å². The van der Waals surface area contributed by atoms with Crippen molar-refractivity contribution in [3.8, 4) is 22.5 Å². The third-order valence-electron chi connectivity index (χ3n) is 4.82. The van der Waals surface area contributed by atoms with Gasteiger partial charge in [-0.25, -0.2) is 13.8 Å². The lowest BCUT2D eigenvalue weighted by atomic mass is 9.97. The molecule has 0 radical (unpaired) electrons. The van der Waals surface area contributed by atoms with E-state index < -0.39 is 11.6 Å². The number of aryl methyl sites for hydroxylation is 2. The normalized spacial score (nSPS) is 13.5.